The lowest BCUT2D eigenvalue weighted by molar-refractivity contribution is -0.157. The zero-order valence-electron chi connectivity index (χ0n) is 14.6. The summed E-state index contributed by atoms with van der Waals surface area (Å²) in [5.74, 6) is -0.170. The van der Waals surface area contributed by atoms with Crippen LogP contribution in [0.15, 0.2) is 60.7 Å². The Morgan fingerprint density at radius 2 is 1.50 bits per heavy atom. The Balaban J connectivity index is 1.93. The Bertz CT molecular complexity index is 649. The van der Waals surface area contributed by atoms with Crippen LogP contribution in [0.3, 0.4) is 0 Å². The molecule has 0 aliphatic carbocycles. The van der Waals surface area contributed by atoms with Crippen molar-refractivity contribution in [3.63, 3.8) is 0 Å². The van der Waals surface area contributed by atoms with Gasteiger partial charge in [-0.2, -0.15) is 0 Å². The van der Waals surface area contributed by atoms with Gasteiger partial charge in [-0.3, -0.25) is 10.1 Å². The normalized spacial score (nSPS) is 19.9. The van der Waals surface area contributed by atoms with E-state index in [0.717, 1.165) is 12.8 Å². The molecule has 1 atom stereocenters. The largest absolute Gasteiger partial charge is 0.459 e. The molecule has 0 radical (unpaired) electrons. The highest BCUT2D eigenvalue weighted by molar-refractivity contribution is 5.77. The van der Waals surface area contributed by atoms with Gasteiger partial charge >= 0.3 is 5.97 Å². The molecule has 126 valence electrons. The third-order valence-corrected chi connectivity index (χ3v) is 4.45. The highest BCUT2D eigenvalue weighted by Crippen LogP contribution is 2.40. The predicted octanol–water partition coefficient (Wildman–Crippen LogP) is 4.02. The maximum atomic E-state index is 12.5. The van der Waals surface area contributed by atoms with Crippen LogP contribution in [0.2, 0.25) is 0 Å². The lowest BCUT2D eigenvalue weighted by Gasteiger charge is -2.32. The van der Waals surface area contributed by atoms with Crippen LogP contribution in [0.4, 0.5) is 0 Å². The average Bonchev–Trinajstić information content (AvgIpc) is 3.02. The molecule has 3 heteroatoms. The van der Waals surface area contributed by atoms with Crippen LogP contribution in [0.5, 0.6) is 0 Å². The molecule has 1 saturated heterocycles. The van der Waals surface area contributed by atoms with E-state index >= 15 is 0 Å². The smallest absolute Gasteiger partial charge is 0.323 e. The molecule has 0 bridgehead atoms. The van der Waals surface area contributed by atoms with Crippen molar-refractivity contribution in [2.45, 2.75) is 50.8 Å². The fourth-order valence-electron chi connectivity index (χ4n) is 3.42. The summed E-state index contributed by atoms with van der Waals surface area (Å²) in [6, 6.07) is 20.4. The zero-order valence-corrected chi connectivity index (χ0v) is 14.6. The van der Waals surface area contributed by atoms with Crippen molar-refractivity contribution in [3.05, 3.63) is 71.8 Å². The minimum Gasteiger partial charge on any atom is -0.459 e. The molecule has 0 aromatic heterocycles. The first-order valence-electron chi connectivity index (χ1n) is 8.52. The van der Waals surface area contributed by atoms with Crippen molar-refractivity contribution >= 4 is 5.97 Å². The maximum Gasteiger partial charge on any atom is 0.323 e. The lowest BCUT2D eigenvalue weighted by atomic mass is 9.82. The number of hydrogen-bond donors (Lipinski definition) is 1. The Morgan fingerprint density at radius 3 is 1.96 bits per heavy atom. The molecule has 1 heterocycles. The lowest BCUT2D eigenvalue weighted by Crippen LogP contribution is -2.46. The zero-order chi connectivity index (χ0) is 17.2. The summed E-state index contributed by atoms with van der Waals surface area (Å²) in [6.45, 7) is 5.71. The fourth-order valence-corrected chi connectivity index (χ4v) is 3.42. The number of rotatable bonds is 3. The quantitative estimate of drug-likeness (QED) is 0.867. The van der Waals surface area contributed by atoms with Crippen LogP contribution in [0.25, 0.3) is 0 Å². The van der Waals surface area contributed by atoms with E-state index in [1.165, 1.54) is 11.1 Å². The van der Waals surface area contributed by atoms with Crippen molar-refractivity contribution < 1.29 is 9.53 Å². The Morgan fingerprint density at radius 1 is 1.00 bits per heavy atom. The highest BCUT2D eigenvalue weighted by Gasteiger charge is 2.44. The number of carbonyl (C=O) groups is 1. The highest BCUT2D eigenvalue weighted by atomic mass is 16.6. The van der Waals surface area contributed by atoms with E-state index in [2.05, 4.69) is 29.6 Å². The number of benzene rings is 2. The minimum absolute atomic E-state index is 0.170. The molecule has 3 rings (SSSR count). The van der Waals surface area contributed by atoms with E-state index < -0.39 is 5.60 Å². The van der Waals surface area contributed by atoms with Gasteiger partial charge in [0, 0.05) is 0 Å². The third kappa shape index (κ3) is 3.36. The van der Waals surface area contributed by atoms with Crippen molar-refractivity contribution in [2.75, 3.05) is 0 Å². The second-order valence-electron chi connectivity index (χ2n) is 7.41. The Kier molecular flexibility index (Phi) is 4.46. The van der Waals surface area contributed by atoms with Crippen molar-refractivity contribution in [3.8, 4) is 0 Å². The number of hydrogen-bond acceptors (Lipinski definition) is 3. The van der Waals surface area contributed by atoms with Gasteiger partial charge in [-0.1, -0.05) is 60.7 Å². The van der Waals surface area contributed by atoms with E-state index in [0.29, 0.717) is 0 Å². The molecular formula is C21H25NO2. The standard InChI is InChI=1S/C21H25NO2/c1-20(2,3)24-19(23)18-14-15-21(22-18,16-10-6-4-7-11-16)17-12-8-5-9-13-17/h4-13,18,22H,14-15H2,1-3H3. The molecule has 1 aliphatic rings. The molecule has 0 spiro atoms. The van der Waals surface area contributed by atoms with Gasteiger partial charge in [-0.05, 0) is 44.7 Å². The van der Waals surface area contributed by atoms with E-state index in [1.807, 2.05) is 57.2 Å². The van der Waals surface area contributed by atoms with Gasteiger partial charge in [0.15, 0.2) is 0 Å². The average molecular weight is 323 g/mol. The van der Waals surface area contributed by atoms with Crippen molar-refractivity contribution in [1.29, 1.82) is 0 Å². The summed E-state index contributed by atoms with van der Waals surface area (Å²) in [6.07, 6.45) is 1.63. The summed E-state index contributed by atoms with van der Waals surface area (Å²) < 4.78 is 5.59. The van der Waals surface area contributed by atoms with Crippen LogP contribution in [-0.2, 0) is 15.1 Å². The second-order valence-corrected chi connectivity index (χ2v) is 7.41. The molecular weight excluding hydrogens is 298 g/mol. The van der Waals surface area contributed by atoms with E-state index in [9.17, 15) is 4.79 Å². The summed E-state index contributed by atoms with van der Waals surface area (Å²) in [5, 5.41) is 3.58. The summed E-state index contributed by atoms with van der Waals surface area (Å²) in [4.78, 5) is 12.5. The van der Waals surface area contributed by atoms with Crippen molar-refractivity contribution in [1.82, 2.24) is 5.32 Å². The first-order valence-corrected chi connectivity index (χ1v) is 8.52. The van der Waals surface area contributed by atoms with E-state index in [1.54, 1.807) is 0 Å². The van der Waals surface area contributed by atoms with Crippen LogP contribution in [-0.4, -0.2) is 17.6 Å². The van der Waals surface area contributed by atoms with Gasteiger partial charge in [0.2, 0.25) is 0 Å². The van der Waals surface area contributed by atoms with Crippen LogP contribution >= 0.6 is 0 Å². The maximum absolute atomic E-state index is 12.5. The third-order valence-electron chi connectivity index (χ3n) is 4.45. The summed E-state index contributed by atoms with van der Waals surface area (Å²) >= 11 is 0. The Labute approximate surface area is 144 Å². The molecule has 2 aromatic carbocycles. The number of esters is 1. The fraction of sp³-hybridized carbons (Fsp3) is 0.381. The molecule has 24 heavy (non-hydrogen) atoms. The van der Waals surface area contributed by atoms with Crippen LogP contribution in [0, 0.1) is 0 Å². The predicted molar refractivity (Wildman–Crippen MR) is 95.7 cm³/mol. The summed E-state index contributed by atoms with van der Waals surface area (Å²) in [5.41, 5.74) is 1.55. The molecule has 1 N–H and O–H groups in total. The number of carbonyl (C=O) groups excluding carboxylic acids is 1. The molecule has 3 nitrogen and oxygen atoms in total. The van der Waals surface area contributed by atoms with Gasteiger partial charge in [0.1, 0.15) is 11.6 Å². The van der Waals surface area contributed by atoms with Crippen LogP contribution < -0.4 is 5.32 Å². The second kappa shape index (κ2) is 6.40. The van der Waals surface area contributed by atoms with Gasteiger partial charge in [0.05, 0.1) is 5.54 Å². The molecule has 1 fully saturated rings. The van der Waals surface area contributed by atoms with E-state index in [4.69, 9.17) is 4.74 Å². The number of ether oxygens (including phenoxy) is 1. The molecule has 2 aromatic rings. The monoisotopic (exact) mass is 323 g/mol. The minimum atomic E-state index is -0.469. The molecule has 1 aliphatic heterocycles. The topological polar surface area (TPSA) is 38.3 Å². The first-order chi connectivity index (χ1) is 11.4. The van der Waals surface area contributed by atoms with Gasteiger partial charge in [-0.15, -0.1) is 0 Å². The van der Waals surface area contributed by atoms with Gasteiger partial charge < -0.3 is 4.74 Å². The molecule has 0 saturated carbocycles. The first kappa shape index (κ1) is 16.7. The van der Waals surface area contributed by atoms with Crippen molar-refractivity contribution in [2.24, 2.45) is 0 Å². The summed E-state index contributed by atoms with van der Waals surface area (Å²) in [7, 11) is 0. The van der Waals surface area contributed by atoms with Gasteiger partial charge in [-0.25, -0.2) is 0 Å². The number of nitrogens with one attached hydrogen (secondary N) is 1. The van der Waals surface area contributed by atoms with Gasteiger partial charge in [0.25, 0.3) is 0 Å². The molecule has 1 unspecified atom stereocenters. The molecule has 0 amide bonds. The Hall–Kier alpha value is -2.13. The van der Waals surface area contributed by atoms with E-state index in [-0.39, 0.29) is 17.6 Å². The van der Waals surface area contributed by atoms with Crippen LogP contribution in [0.1, 0.15) is 44.7 Å². The SMILES string of the molecule is CC(C)(C)OC(=O)C1CCC(c2ccccc2)(c2ccccc2)N1.